The Kier molecular flexibility index (Phi) is 6.48. The van der Waals surface area contributed by atoms with Gasteiger partial charge in [0.15, 0.2) is 0 Å². The van der Waals surface area contributed by atoms with Crippen LogP contribution in [0.15, 0.2) is 22.7 Å². The Morgan fingerprint density at radius 1 is 1.43 bits per heavy atom. The highest BCUT2D eigenvalue weighted by Crippen LogP contribution is 2.28. The van der Waals surface area contributed by atoms with Crippen molar-refractivity contribution in [1.82, 2.24) is 4.90 Å². The smallest absolute Gasteiger partial charge is 0.119 e. The maximum Gasteiger partial charge on any atom is 0.119 e. The number of likely N-dealkylation sites (tertiary alicyclic amines) is 1. The van der Waals surface area contributed by atoms with Gasteiger partial charge in [0.25, 0.3) is 0 Å². The molecule has 0 aliphatic carbocycles. The molecule has 1 heterocycles. The highest BCUT2D eigenvalue weighted by molar-refractivity contribution is 9.10. The maximum absolute atomic E-state index is 9.62. The molecular weight excluding hydrogens is 332 g/mol. The number of halogens is 1. The minimum atomic E-state index is -0.394. The fraction of sp³-hybridized carbons (Fsp3) is 0.625. The summed E-state index contributed by atoms with van der Waals surface area (Å²) in [5, 5.41) is 9.62. The van der Waals surface area contributed by atoms with Gasteiger partial charge in [0, 0.05) is 17.6 Å². The highest BCUT2D eigenvalue weighted by Gasteiger charge is 2.21. The summed E-state index contributed by atoms with van der Waals surface area (Å²) in [6.07, 6.45) is 3.02. The van der Waals surface area contributed by atoms with Crippen LogP contribution < -0.4 is 10.5 Å². The van der Waals surface area contributed by atoms with E-state index in [0.717, 1.165) is 29.7 Å². The second-order valence-electron chi connectivity index (χ2n) is 5.79. The molecule has 21 heavy (non-hydrogen) atoms. The quantitative estimate of drug-likeness (QED) is 0.818. The van der Waals surface area contributed by atoms with Gasteiger partial charge in [-0.05, 0) is 62.0 Å². The Labute approximate surface area is 135 Å². The average Bonchev–Trinajstić information content (AvgIpc) is 2.51. The van der Waals surface area contributed by atoms with Crippen LogP contribution in [0.25, 0.3) is 0 Å². The van der Waals surface area contributed by atoms with Crippen molar-refractivity contribution in [2.45, 2.75) is 25.4 Å². The summed E-state index contributed by atoms with van der Waals surface area (Å²) >= 11 is 3.63. The lowest BCUT2D eigenvalue weighted by atomic mass is 9.90. The van der Waals surface area contributed by atoms with Gasteiger partial charge in [-0.2, -0.15) is 0 Å². The number of nitrogens with two attached hydrogens (primary N) is 1. The van der Waals surface area contributed by atoms with Crippen molar-refractivity contribution in [2.75, 3.05) is 33.3 Å². The van der Waals surface area contributed by atoms with Gasteiger partial charge in [0.05, 0.1) is 13.2 Å². The number of nitrogens with zero attached hydrogens (tertiary/aromatic N) is 1. The maximum atomic E-state index is 9.62. The van der Waals surface area contributed by atoms with E-state index in [-0.39, 0.29) is 0 Å². The van der Waals surface area contributed by atoms with Crippen LogP contribution in [-0.4, -0.2) is 49.4 Å². The molecule has 4 nitrogen and oxygen atoms in total. The predicted molar refractivity (Wildman–Crippen MR) is 88.6 cm³/mol. The summed E-state index contributed by atoms with van der Waals surface area (Å²) in [6, 6.07) is 6.15. The van der Waals surface area contributed by atoms with Gasteiger partial charge in [-0.1, -0.05) is 15.9 Å². The molecule has 0 saturated carbocycles. The van der Waals surface area contributed by atoms with Gasteiger partial charge < -0.3 is 20.5 Å². The number of rotatable bonds is 6. The van der Waals surface area contributed by atoms with E-state index in [2.05, 4.69) is 33.0 Å². The Morgan fingerprint density at radius 3 is 2.76 bits per heavy atom. The molecule has 0 spiro atoms. The number of benzene rings is 1. The minimum Gasteiger partial charge on any atom is -0.497 e. The first-order valence-electron chi connectivity index (χ1n) is 7.55. The number of piperidine rings is 1. The highest BCUT2D eigenvalue weighted by atomic mass is 79.9. The zero-order valence-electron chi connectivity index (χ0n) is 12.6. The lowest BCUT2D eigenvalue weighted by Gasteiger charge is -2.33. The van der Waals surface area contributed by atoms with Crippen LogP contribution in [0.5, 0.6) is 5.75 Å². The van der Waals surface area contributed by atoms with Crippen LogP contribution in [0, 0.1) is 5.92 Å². The van der Waals surface area contributed by atoms with E-state index in [9.17, 15) is 5.11 Å². The number of methoxy groups -OCH3 is 1. The molecule has 1 unspecified atom stereocenters. The van der Waals surface area contributed by atoms with Gasteiger partial charge >= 0.3 is 0 Å². The van der Waals surface area contributed by atoms with E-state index in [1.807, 2.05) is 6.07 Å². The molecule has 1 aromatic carbocycles. The molecule has 1 aliphatic heterocycles. The van der Waals surface area contributed by atoms with Crippen LogP contribution in [-0.2, 0) is 6.42 Å². The monoisotopic (exact) mass is 356 g/mol. The third-order valence-electron chi connectivity index (χ3n) is 4.21. The van der Waals surface area contributed by atoms with Crippen molar-refractivity contribution in [2.24, 2.45) is 11.7 Å². The molecule has 0 bridgehead atoms. The lowest BCUT2D eigenvalue weighted by molar-refractivity contribution is 0.0940. The number of aliphatic hydroxyl groups is 1. The second-order valence-corrected chi connectivity index (χ2v) is 6.65. The molecule has 1 atom stereocenters. The van der Waals surface area contributed by atoms with Crippen LogP contribution in [0.1, 0.15) is 18.4 Å². The largest absolute Gasteiger partial charge is 0.497 e. The van der Waals surface area contributed by atoms with E-state index >= 15 is 0 Å². The molecular formula is C16H25BrN2O2. The zero-order valence-corrected chi connectivity index (χ0v) is 14.2. The van der Waals surface area contributed by atoms with Gasteiger partial charge in [-0.25, -0.2) is 0 Å². The van der Waals surface area contributed by atoms with E-state index < -0.39 is 6.10 Å². The normalized spacial score (nSPS) is 18.7. The van der Waals surface area contributed by atoms with Crippen molar-refractivity contribution >= 4 is 15.9 Å². The molecule has 0 radical (unpaired) electrons. The first-order chi connectivity index (χ1) is 10.1. The summed E-state index contributed by atoms with van der Waals surface area (Å²) in [4.78, 5) is 2.31. The van der Waals surface area contributed by atoms with Crippen LogP contribution in [0.4, 0.5) is 0 Å². The first kappa shape index (κ1) is 16.7. The van der Waals surface area contributed by atoms with E-state index in [1.54, 1.807) is 7.11 Å². The SMILES string of the molecule is COc1ccc(Br)c(CC2CCN(CC(O)CN)CC2)c1. The third kappa shape index (κ3) is 4.95. The van der Waals surface area contributed by atoms with E-state index in [4.69, 9.17) is 10.5 Å². The molecule has 2 rings (SSSR count). The molecule has 0 aromatic heterocycles. The van der Waals surface area contributed by atoms with Gasteiger partial charge in [-0.3, -0.25) is 0 Å². The number of ether oxygens (including phenoxy) is 1. The van der Waals surface area contributed by atoms with Crippen molar-refractivity contribution < 1.29 is 9.84 Å². The molecule has 5 heteroatoms. The second kappa shape index (κ2) is 8.13. The predicted octanol–water partition coefficient (Wildman–Crippen LogP) is 2.03. The lowest BCUT2D eigenvalue weighted by Crippen LogP contribution is -2.41. The average molecular weight is 357 g/mol. The molecule has 1 aromatic rings. The number of aliphatic hydroxyl groups excluding tert-OH is 1. The molecule has 3 N–H and O–H groups in total. The topological polar surface area (TPSA) is 58.7 Å². The summed E-state index contributed by atoms with van der Waals surface area (Å²) in [5.41, 5.74) is 6.78. The van der Waals surface area contributed by atoms with Gasteiger partial charge in [0.1, 0.15) is 5.75 Å². The van der Waals surface area contributed by atoms with Crippen molar-refractivity contribution in [3.8, 4) is 5.75 Å². The van der Waals surface area contributed by atoms with Crippen LogP contribution in [0.2, 0.25) is 0 Å². The van der Waals surface area contributed by atoms with Crippen molar-refractivity contribution in [1.29, 1.82) is 0 Å². The fourth-order valence-corrected chi connectivity index (χ4v) is 3.30. The molecule has 1 fully saturated rings. The van der Waals surface area contributed by atoms with E-state index in [1.165, 1.54) is 18.4 Å². The third-order valence-corrected chi connectivity index (χ3v) is 4.98. The van der Waals surface area contributed by atoms with E-state index in [0.29, 0.717) is 19.0 Å². The molecule has 1 saturated heterocycles. The first-order valence-corrected chi connectivity index (χ1v) is 8.34. The molecule has 118 valence electrons. The standard InChI is InChI=1S/C16H25BrN2O2/c1-21-15-2-3-16(17)13(9-15)8-12-4-6-19(7-5-12)11-14(20)10-18/h2-3,9,12,14,20H,4-8,10-11,18H2,1H3. The number of hydrogen-bond acceptors (Lipinski definition) is 4. The summed E-state index contributed by atoms with van der Waals surface area (Å²) in [5.74, 6) is 1.61. The van der Waals surface area contributed by atoms with Crippen LogP contribution in [0.3, 0.4) is 0 Å². The minimum absolute atomic E-state index is 0.344. The van der Waals surface area contributed by atoms with Crippen LogP contribution >= 0.6 is 15.9 Å². The number of β-amino-alcohol motifs (C(OH)–C–C–N with tert-alkyl or cyclic N) is 1. The summed E-state index contributed by atoms with van der Waals surface area (Å²) in [7, 11) is 1.70. The number of hydrogen-bond donors (Lipinski definition) is 2. The summed E-state index contributed by atoms with van der Waals surface area (Å²) in [6.45, 7) is 3.13. The Bertz CT molecular complexity index is 448. The van der Waals surface area contributed by atoms with Crippen molar-refractivity contribution in [3.05, 3.63) is 28.2 Å². The van der Waals surface area contributed by atoms with Crippen molar-refractivity contribution in [3.63, 3.8) is 0 Å². The molecule has 0 amide bonds. The van der Waals surface area contributed by atoms with Gasteiger partial charge in [0.2, 0.25) is 0 Å². The Balaban J connectivity index is 1.86. The fourth-order valence-electron chi connectivity index (χ4n) is 2.89. The molecule has 1 aliphatic rings. The Hall–Kier alpha value is -0.620. The zero-order chi connectivity index (χ0) is 15.2. The van der Waals surface area contributed by atoms with Gasteiger partial charge in [-0.15, -0.1) is 0 Å². The Morgan fingerprint density at radius 2 is 2.14 bits per heavy atom. The summed E-state index contributed by atoms with van der Waals surface area (Å²) < 4.78 is 6.46.